The van der Waals surface area contributed by atoms with Gasteiger partial charge in [-0.15, -0.1) is 0 Å². The highest BCUT2D eigenvalue weighted by atomic mass is 19.3. The number of hydrogen-bond acceptors (Lipinski definition) is 4. The van der Waals surface area contributed by atoms with E-state index in [1.807, 2.05) is 60.7 Å². The van der Waals surface area contributed by atoms with Crippen LogP contribution in [-0.4, -0.2) is 28.7 Å². The topological polar surface area (TPSA) is 60.7 Å². The van der Waals surface area contributed by atoms with Gasteiger partial charge in [0.15, 0.2) is 0 Å². The predicted octanol–water partition coefficient (Wildman–Crippen LogP) is 8.39. The first kappa shape index (κ1) is 30.8. The van der Waals surface area contributed by atoms with Crippen LogP contribution in [0, 0.1) is 5.82 Å². The summed E-state index contributed by atoms with van der Waals surface area (Å²) in [5.74, 6) is -1.37. The summed E-state index contributed by atoms with van der Waals surface area (Å²) >= 11 is 0. The number of aliphatic hydroxyl groups is 1. The maximum Gasteiger partial charge on any atom is 0.338 e. The number of halogens is 4. The lowest BCUT2D eigenvalue weighted by molar-refractivity contribution is 0.00696. The molecule has 5 nitrogen and oxygen atoms in total. The fraction of sp³-hybridized carbons (Fsp3) is 0.229. The molecule has 0 spiro atoms. The van der Waals surface area contributed by atoms with Crippen molar-refractivity contribution in [3.63, 3.8) is 0 Å². The summed E-state index contributed by atoms with van der Waals surface area (Å²) in [4.78, 5) is 12.8. The molecular formula is C35H31F4NO4. The van der Waals surface area contributed by atoms with Crippen LogP contribution in [0.25, 0.3) is 22.0 Å². The highest BCUT2D eigenvalue weighted by Gasteiger charge is 2.37. The molecule has 1 N–H and O–H groups in total. The lowest BCUT2D eigenvalue weighted by Gasteiger charge is -2.28. The third-order valence-corrected chi connectivity index (χ3v) is 7.38. The van der Waals surface area contributed by atoms with Crippen molar-refractivity contribution in [1.29, 1.82) is 0 Å². The molecule has 0 bridgehead atoms. The van der Waals surface area contributed by atoms with Crippen molar-refractivity contribution in [3.05, 3.63) is 125 Å². The van der Waals surface area contributed by atoms with E-state index in [9.17, 15) is 18.7 Å². The standard InChI is InChI=1S/C35H31F4NO4/c1-35(2,21-41)31-29(24-13-15-25(16-14-24)34(42)44-20-23-11-7-4-8-12-23)30-27(40(31)33(39)32(37)38)17-26(36)18-28(30)43-19-22-9-5-3-6-10-22/h3-18,32-33,41H,19-21H2,1-2H3. The highest BCUT2D eigenvalue weighted by molar-refractivity contribution is 6.03. The van der Waals surface area contributed by atoms with Crippen molar-refractivity contribution in [2.75, 3.05) is 6.61 Å². The summed E-state index contributed by atoms with van der Waals surface area (Å²) < 4.78 is 70.7. The van der Waals surface area contributed by atoms with Crippen molar-refractivity contribution < 1.29 is 36.9 Å². The summed E-state index contributed by atoms with van der Waals surface area (Å²) in [5, 5.41) is 10.5. The minimum Gasteiger partial charge on any atom is -0.488 e. The molecule has 1 unspecified atom stereocenters. The van der Waals surface area contributed by atoms with E-state index in [2.05, 4.69) is 0 Å². The van der Waals surface area contributed by atoms with Crippen LogP contribution in [-0.2, 0) is 23.4 Å². The minimum atomic E-state index is -3.44. The van der Waals surface area contributed by atoms with E-state index in [0.29, 0.717) is 5.56 Å². The molecule has 1 atom stereocenters. The molecule has 0 saturated carbocycles. The zero-order valence-corrected chi connectivity index (χ0v) is 24.1. The number of alkyl halides is 3. The fourth-order valence-corrected chi connectivity index (χ4v) is 5.19. The Bertz CT molecular complexity index is 1740. The van der Waals surface area contributed by atoms with Crippen LogP contribution in [0.1, 0.15) is 47.3 Å². The Morgan fingerprint density at radius 2 is 1.45 bits per heavy atom. The van der Waals surface area contributed by atoms with Crippen LogP contribution < -0.4 is 4.74 Å². The number of carbonyl (C=O) groups excluding carboxylic acids is 1. The first-order valence-corrected chi connectivity index (χ1v) is 14.0. The molecule has 0 aliphatic carbocycles. The molecule has 9 heteroatoms. The first-order valence-electron chi connectivity index (χ1n) is 14.0. The van der Waals surface area contributed by atoms with E-state index in [0.717, 1.165) is 27.8 Å². The normalized spacial score (nSPS) is 12.5. The zero-order valence-electron chi connectivity index (χ0n) is 24.1. The third kappa shape index (κ3) is 6.33. The number of benzene rings is 4. The van der Waals surface area contributed by atoms with Gasteiger partial charge >= 0.3 is 5.97 Å². The lowest BCUT2D eigenvalue weighted by Crippen LogP contribution is -2.29. The molecule has 228 valence electrons. The molecule has 5 aromatic rings. The predicted molar refractivity (Wildman–Crippen MR) is 160 cm³/mol. The first-order chi connectivity index (χ1) is 21.1. The van der Waals surface area contributed by atoms with Gasteiger partial charge in [0, 0.05) is 22.7 Å². The number of fused-ring (bicyclic) bond motifs is 1. The third-order valence-electron chi connectivity index (χ3n) is 7.38. The van der Waals surface area contributed by atoms with E-state index >= 15 is 8.78 Å². The summed E-state index contributed by atoms with van der Waals surface area (Å²) in [7, 11) is 0. The fourth-order valence-electron chi connectivity index (χ4n) is 5.19. The Kier molecular flexibility index (Phi) is 9.06. The molecular weight excluding hydrogens is 574 g/mol. The van der Waals surface area contributed by atoms with E-state index in [-0.39, 0.29) is 46.7 Å². The molecule has 0 aliphatic heterocycles. The summed E-state index contributed by atoms with van der Waals surface area (Å²) in [6.45, 7) is 2.73. The number of aliphatic hydroxyl groups excluding tert-OH is 1. The van der Waals surface area contributed by atoms with Crippen LogP contribution in [0.15, 0.2) is 97.1 Å². The summed E-state index contributed by atoms with van der Waals surface area (Å²) in [6, 6.07) is 26.5. The number of aromatic nitrogens is 1. The second kappa shape index (κ2) is 12.9. The van der Waals surface area contributed by atoms with Gasteiger partial charge in [-0.25, -0.2) is 22.4 Å². The molecule has 1 heterocycles. The quantitative estimate of drug-likeness (QED) is 0.121. The SMILES string of the molecule is CC(C)(CO)c1c(-c2ccc(C(=O)OCc3ccccc3)cc2)c2c(OCc3ccccc3)cc(F)cc2n1C(F)C(F)F. The maximum atomic E-state index is 15.5. The number of nitrogens with zero attached hydrogens (tertiary/aromatic N) is 1. The molecule has 0 radical (unpaired) electrons. The monoisotopic (exact) mass is 605 g/mol. The van der Waals surface area contributed by atoms with Crippen molar-refractivity contribution >= 4 is 16.9 Å². The molecule has 0 amide bonds. The highest BCUT2D eigenvalue weighted by Crippen LogP contribution is 2.47. The van der Waals surface area contributed by atoms with Crippen LogP contribution in [0.4, 0.5) is 17.6 Å². The van der Waals surface area contributed by atoms with Crippen molar-refractivity contribution in [2.24, 2.45) is 0 Å². The summed E-state index contributed by atoms with van der Waals surface area (Å²) in [5.41, 5.74) is 1.13. The Hall–Kier alpha value is -4.63. The number of esters is 1. The van der Waals surface area contributed by atoms with Crippen LogP contribution >= 0.6 is 0 Å². The van der Waals surface area contributed by atoms with Gasteiger partial charge in [0.2, 0.25) is 6.30 Å². The molecule has 0 fully saturated rings. The van der Waals surface area contributed by atoms with Gasteiger partial charge in [0.1, 0.15) is 24.8 Å². The molecule has 44 heavy (non-hydrogen) atoms. The molecule has 1 aromatic heterocycles. The van der Waals surface area contributed by atoms with E-state index in [1.165, 1.54) is 12.1 Å². The van der Waals surface area contributed by atoms with Gasteiger partial charge in [-0.05, 0) is 34.9 Å². The molecule has 4 aromatic carbocycles. The van der Waals surface area contributed by atoms with Gasteiger partial charge in [-0.1, -0.05) is 86.6 Å². The van der Waals surface area contributed by atoms with E-state index in [1.54, 1.807) is 26.0 Å². The van der Waals surface area contributed by atoms with Crippen LogP contribution in [0.2, 0.25) is 0 Å². The van der Waals surface area contributed by atoms with Crippen LogP contribution in [0.5, 0.6) is 5.75 Å². The Morgan fingerprint density at radius 3 is 2.02 bits per heavy atom. The smallest absolute Gasteiger partial charge is 0.338 e. The van der Waals surface area contributed by atoms with E-state index < -0.39 is 36.5 Å². The van der Waals surface area contributed by atoms with Crippen molar-refractivity contribution in [1.82, 2.24) is 4.57 Å². The van der Waals surface area contributed by atoms with Crippen molar-refractivity contribution in [2.45, 2.75) is 45.2 Å². The zero-order chi connectivity index (χ0) is 31.4. The average Bonchev–Trinajstić information content (AvgIpc) is 3.38. The van der Waals surface area contributed by atoms with Crippen LogP contribution in [0.3, 0.4) is 0 Å². The Balaban J connectivity index is 1.66. The van der Waals surface area contributed by atoms with Crippen molar-refractivity contribution in [3.8, 4) is 16.9 Å². The number of ether oxygens (including phenoxy) is 2. The van der Waals surface area contributed by atoms with Gasteiger partial charge in [-0.3, -0.25) is 0 Å². The summed E-state index contributed by atoms with van der Waals surface area (Å²) in [6.07, 6.45) is -6.28. The number of hydrogen-bond donors (Lipinski definition) is 1. The van der Waals surface area contributed by atoms with Gasteiger partial charge in [-0.2, -0.15) is 0 Å². The van der Waals surface area contributed by atoms with Gasteiger partial charge in [0.05, 0.1) is 23.1 Å². The number of rotatable bonds is 11. The largest absolute Gasteiger partial charge is 0.488 e. The average molecular weight is 606 g/mol. The second-order valence-corrected chi connectivity index (χ2v) is 11.1. The Morgan fingerprint density at radius 1 is 0.864 bits per heavy atom. The second-order valence-electron chi connectivity index (χ2n) is 11.1. The van der Waals surface area contributed by atoms with Gasteiger partial charge in [0.25, 0.3) is 6.43 Å². The van der Waals surface area contributed by atoms with E-state index in [4.69, 9.17) is 9.47 Å². The molecule has 0 saturated heterocycles. The Labute approximate surface area is 252 Å². The molecule has 0 aliphatic rings. The lowest BCUT2D eigenvalue weighted by atomic mass is 9.84. The maximum absolute atomic E-state index is 15.5. The van der Waals surface area contributed by atoms with Gasteiger partial charge < -0.3 is 19.1 Å². The molecule has 5 rings (SSSR count). The minimum absolute atomic E-state index is 0.0143. The number of carbonyl (C=O) groups is 1.